The van der Waals surface area contributed by atoms with Crippen molar-refractivity contribution in [2.24, 2.45) is 29.6 Å². The highest BCUT2D eigenvalue weighted by Crippen LogP contribution is 2.26. The molecule has 0 nitrogen and oxygen atoms in total. The Balaban J connectivity index is 3.75. The van der Waals surface area contributed by atoms with E-state index in [1.807, 2.05) is 0 Å². The summed E-state index contributed by atoms with van der Waals surface area (Å²) in [4.78, 5) is 0. The van der Waals surface area contributed by atoms with Gasteiger partial charge in [0.1, 0.15) is 0 Å². The molecule has 0 spiro atoms. The quantitative estimate of drug-likeness (QED) is 0.493. The van der Waals surface area contributed by atoms with Gasteiger partial charge in [-0.3, -0.25) is 0 Å². The van der Waals surface area contributed by atoms with Crippen molar-refractivity contribution in [1.82, 2.24) is 0 Å². The van der Waals surface area contributed by atoms with Gasteiger partial charge in [-0.1, -0.05) is 48.5 Å². The normalized spacial score (nSPS) is 17.8. The maximum absolute atomic E-state index is 2.44. The maximum Gasteiger partial charge on any atom is -0.0438 e. The first kappa shape index (κ1) is 16.0. The lowest BCUT2D eigenvalue weighted by molar-refractivity contribution is 0.294. The van der Waals surface area contributed by atoms with Crippen molar-refractivity contribution in [2.45, 2.75) is 74.1 Å². The fraction of sp³-hybridized carbons (Fsp3) is 1.00. The van der Waals surface area contributed by atoms with E-state index in [1.54, 1.807) is 0 Å². The van der Waals surface area contributed by atoms with Crippen LogP contribution in [0.3, 0.4) is 0 Å². The predicted octanol–water partition coefficient (Wildman–Crippen LogP) is 5.77. The molecule has 2 unspecified atom stereocenters. The molecule has 0 heteroatoms. The lowest BCUT2D eigenvalue weighted by Gasteiger charge is -2.22. The zero-order valence-electron chi connectivity index (χ0n) is 12.7. The Kier molecular flexibility index (Phi) is 8.14. The van der Waals surface area contributed by atoms with Crippen LogP contribution in [0.5, 0.6) is 0 Å². The average Bonchev–Trinajstić information content (AvgIpc) is 1.97. The summed E-state index contributed by atoms with van der Waals surface area (Å²) in [5.41, 5.74) is 0. The third-order valence-electron chi connectivity index (χ3n) is 3.36. The lowest BCUT2D eigenvalue weighted by atomic mass is 9.84. The van der Waals surface area contributed by atoms with E-state index in [0.29, 0.717) is 0 Å². The Morgan fingerprint density at radius 3 is 0.938 bits per heavy atom. The molecule has 0 fully saturated rings. The Labute approximate surface area is 104 Å². The van der Waals surface area contributed by atoms with Crippen LogP contribution in [0.1, 0.15) is 74.1 Å². The molecule has 0 radical (unpaired) electrons. The van der Waals surface area contributed by atoms with Crippen LogP contribution >= 0.6 is 0 Å². The number of hydrogen-bond donors (Lipinski definition) is 0. The first-order valence-electron chi connectivity index (χ1n) is 7.31. The Morgan fingerprint density at radius 2 is 0.688 bits per heavy atom. The molecule has 0 aromatic heterocycles. The first-order valence-corrected chi connectivity index (χ1v) is 7.31. The van der Waals surface area contributed by atoms with Crippen molar-refractivity contribution in [3.63, 3.8) is 0 Å². The van der Waals surface area contributed by atoms with Crippen molar-refractivity contribution in [1.29, 1.82) is 0 Å². The van der Waals surface area contributed by atoms with Gasteiger partial charge >= 0.3 is 0 Å². The van der Waals surface area contributed by atoms with Crippen LogP contribution in [0, 0.1) is 29.6 Å². The molecule has 0 saturated heterocycles. The summed E-state index contributed by atoms with van der Waals surface area (Å²) in [7, 11) is 0. The minimum absolute atomic E-state index is 0.857. The van der Waals surface area contributed by atoms with Crippen LogP contribution in [0.2, 0.25) is 0 Å². The van der Waals surface area contributed by atoms with E-state index in [0.717, 1.165) is 29.6 Å². The molecule has 0 N–H and O–H groups in total. The molecule has 0 heterocycles. The molecule has 0 bridgehead atoms. The van der Waals surface area contributed by atoms with Gasteiger partial charge in [-0.15, -0.1) is 0 Å². The third kappa shape index (κ3) is 9.24. The van der Waals surface area contributed by atoms with Gasteiger partial charge in [0.15, 0.2) is 0 Å². The maximum atomic E-state index is 2.44. The van der Waals surface area contributed by atoms with Crippen LogP contribution in [0.15, 0.2) is 0 Å². The molecule has 0 aliphatic carbocycles. The van der Waals surface area contributed by atoms with Crippen molar-refractivity contribution in [3.05, 3.63) is 0 Å². The molecule has 0 aliphatic heterocycles. The lowest BCUT2D eigenvalue weighted by Crippen LogP contribution is -2.10. The monoisotopic (exact) mass is 226 g/mol. The second-order valence-corrected chi connectivity index (χ2v) is 7.05. The van der Waals surface area contributed by atoms with Crippen molar-refractivity contribution in [3.8, 4) is 0 Å². The summed E-state index contributed by atoms with van der Waals surface area (Å²) in [6, 6.07) is 0. The molecular formula is C16H34. The first-order chi connectivity index (χ1) is 7.31. The highest BCUT2D eigenvalue weighted by molar-refractivity contribution is 4.65. The molecule has 0 aromatic carbocycles. The summed E-state index contributed by atoms with van der Waals surface area (Å²) in [5.74, 6) is 4.43. The average molecular weight is 226 g/mol. The molecule has 0 aromatic rings. The molecule has 98 valence electrons. The summed E-state index contributed by atoms with van der Waals surface area (Å²) in [6.45, 7) is 16.6. The van der Waals surface area contributed by atoms with E-state index in [-0.39, 0.29) is 0 Å². The Bertz CT molecular complexity index is 139. The van der Waals surface area contributed by atoms with Gasteiger partial charge in [-0.25, -0.2) is 0 Å². The topological polar surface area (TPSA) is 0 Å². The van der Waals surface area contributed by atoms with Gasteiger partial charge in [-0.05, 0) is 55.3 Å². The van der Waals surface area contributed by atoms with E-state index in [2.05, 4.69) is 48.5 Å². The van der Waals surface area contributed by atoms with E-state index in [1.165, 1.54) is 25.7 Å². The zero-order valence-corrected chi connectivity index (χ0v) is 12.7. The van der Waals surface area contributed by atoms with E-state index < -0.39 is 0 Å². The van der Waals surface area contributed by atoms with Gasteiger partial charge in [0.25, 0.3) is 0 Å². The second-order valence-electron chi connectivity index (χ2n) is 7.05. The zero-order chi connectivity index (χ0) is 12.7. The SMILES string of the molecule is CC(C)CC(C)CC(C)CC(C)CC(C)C. The molecule has 0 amide bonds. The summed E-state index contributed by atoms with van der Waals surface area (Å²) in [5, 5.41) is 0. The van der Waals surface area contributed by atoms with Gasteiger partial charge in [-0.2, -0.15) is 0 Å². The largest absolute Gasteiger partial charge is 0.0628 e. The van der Waals surface area contributed by atoms with Crippen molar-refractivity contribution in [2.75, 3.05) is 0 Å². The van der Waals surface area contributed by atoms with Crippen LogP contribution in [-0.2, 0) is 0 Å². The standard InChI is InChI=1S/C16H34/c1-12(2)8-14(5)10-16(7)11-15(6)9-13(3)4/h12-16H,8-11H2,1-7H3. The highest BCUT2D eigenvalue weighted by atomic mass is 14.2. The van der Waals surface area contributed by atoms with Gasteiger partial charge in [0.05, 0.1) is 0 Å². The van der Waals surface area contributed by atoms with Crippen LogP contribution < -0.4 is 0 Å². The van der Waals surface area contributed by atoms with Crippen molar-refractivity contribution >= 4 is 0 Å². The minimum atomic E-state index is 0.857. The predicted molar refractivity (Wildman–Crippen MR) is 75.6 cm³/mol. The summed E-state index contributed by atoms with van der Waals surface area (Å²) in [6.07, 6.45) is 5.62. The molecular weight excluding hydrogens is 192 g/mol. The van der Waals surface area contributed by atoms with Crippen LogP contribution in [0.4, 0.5) is 0 Å². The Hall–Kier alpha value is 0. The molecule has 0 rings (SSSR count). The van der Waals surface area contributed by atoms with E-state index >= 15 is 0 Å². The van der Waals surface area contributed by atoms with Crippen molar-refractivity contribution < 1.29 is 0 Å². The fourth-order valence-electron chi connectivity index (χ4n) is 3.27. The minimum Gasteiger partial charge on any atom is -0.0628 e. The third-order valence-corrected chi connectivity index (χ3v) is 3.36. The van der Waals surface area contributed by atoms with Crippen LogP contribution in [-0.4, -0.2) is 0 Å². The number of rotatable bonds is 8. The molecule has 0 saturated carbocycles. The highest BCUT2D eigenvalue weighted by Gasteiger charge is 2.14. The van der Waals surface area contributed by atoms with E-state index in [9.17, 15) is 0 Å². The van der Waals surface area contributed by atoms with E-state index in [4.69, 9.17) is 0 Å². The number of hydrogen-bond acceptors (Lipinski definition) is 0. The van der Waals surface area contributed by atoms with Gasteiger partial charge in [0, 0.05) is 0 Å². The van der Waals surface area contributed by atoms with Gasteiger partial charge in [0.2, 0.25) is 0 Å². The molecule has 0 aliphatic rings. The fourth-order valence-corrected chi connectivity index (χ4v) is 3.27. The molecule has 16 heavy (non-hydrogen) atoms. The van der Waals surface area contributed by atoms with Gasteiger partial charge < -0.3 is 0 Å². The summed E-state index contributed by atoms with van der Waals surface area (Å²) >= 11 is 0. The Morgan fingerprint density at radius 1 is 0.438 bits per heavy atom. The van der Waals surface area contributed by atoms with Crippen LogP contribution in [0.25, 0.3) is 0 Å². The summed E-state index contributed by atoms with van der Waals surface area (Å²) < 4.78 is 0. The second kappa shape index (κ2) is 8.14. The smallest absolute Gasteiger partial charge is 0.0438 e. The molecule has 2 atom stereocenters.